The summed E-state index contributed by atoms with van der Waals surface area (Å²) in [5.74, 6) is 1.95. The molecule has 0 aliphatic carbocycles. The molecule has 0 aliphatic heterocycles. The maximum Gasteiger partial charge on any atom is 0.113 e. The first kappa shape index (κ1) is 21.4. The van der Waals surface area contributed by atoms with Gasteiger partial charge in [0.1, 0.15) is 11.6 Å². The van der Waals surface area contributed by atoms with Crippen LogP contribution in [0.25, 0.3) is 66.0 Å². The molecule has 4 aromatic heterocycles. The van der Waals surface area contributed by atoms with Crippen molar-refractivity contribution in [2.45, 2.75) is 19.8 Å². The number of H-pyrrole nitrogens is 2. The minimum Gasteiger partial charge on any atom is -0.342 e. The molecule has 7 rings (SSSR count). The number of aromatic amines is 2. The highest BCUT2D eigenvalue weighted by Crippen LogP contribution is 2.36. The first-order valence-corrected chi connectivity index (χ1v) is 12.3. The summed E-state index contributed by atoms with van der Waals surface area (Å²) in [6, 6.07) is 19.1. The number of imidazole rings is 2. The second-order valence-electron chi connectivity index (χ2n) is 9.54. The zero-order chi connectivity index (χ0) is 25.1. The average Bonchev–Trinajstić information content (AvgIpc) is 3.59. The Kier molecular flexibility index (Phi) is 4.69. The summed E-state index contributed by atoms with van der Waals surface area (Å²) in [5, 5.41) is 5.54. The fraction of sp³-hybridized carbons (Fsp3) is 0.0968. The molecule has 3 aromatic carbocycles. The third-order valence-corrected chi connectivity index (χ3v) is 7.16. The molecule has 0 saturated carbocycles. The Bertz CT molecular complexity index is 1990. The van der Waals surface area contributed by atoms with E-state index < -0.39 is 0 Å². The largest absolute Gasteiger partial charge is 0.342 e. The van der Waals surface area contributed by atoms with Crippen molar-refractivity contribution in [3.8, 4) is 22.5 Å². The Morgan fingerprint density at radius 2 is 1.73 bits per heavy atom. The van der Waals surface area contributed by atoms with Gasteiger partial charge in [0, 0.05) is 45.6 Å². The van der Waals surface area contributed by atoms with Crippen LogP contribution in [0.1, 0.15) is 24.5 Å². The third kappa shape index (κ3) is 3.41. The molecule has 0 spiro atoms. The van der Waals surface area contributed by atoms with Crippen LogP contribution in [0.2, 0.25) is 0 Å². The summed E-state index contributed by atoms with van der Waals surface area (Å²) in [4.78, 5) is 25.5. The van der Waals surface area contributed by atoms with E-state index in [0.717, 1.165) is 77.6 Å². The van der Waals surface area contributed by atoms with E-state index >= 15 is 0 Å². The topological polar surface area (TPSA) is 83.1 Å². The van der Waals surface area contributed by atoms with E-state index in [1.54, 1.807) is 0 Å². The standard InChI is InChI=1S/C31H24N6/c1-4-17(2)31-36-29-23-8-5-21(14-24(23)22-11-12-32-15-25(22)30(29)37-31)27-9-6-19-13-20(7-10-26(19)35-27)28-16-33-18(3)34-28/h4-17H,1H2,2-3H3,(H,33,34)(H,36,37). The third-order valence-electron chi connectivity index (χ3n) is 7.16. The maximum atomic E-state index is 5.00. The second-order valence-corrected chi connectivity index (χ2v) is 9.54. The van der Waals surface area contributed by atoms with Gasteiger partial charge in [-0.3, -0.25) is 4.98 Å². The zero-order valence-corrected chi connectivity index (χ0v) is 20.6. The van der Waals surface area contributed by atoms with Crippen molar-refractivity contribution in [3.63, 3.8) is 0 Å². The van der Waals surface area contributed by atoms with Crippen LogP contribution < -0.4 is 0 Å². The summed E-state index contributed by atoms with van der Waals surface area (Å²) in [7, 11) is 0. The highest BCUT2D eigenvalue weighted by atomic mass is 14.9. The van der Waals surface area contributed by atoms with Crippen molar-refractivity contribution in [2.75, 3.05) is 0 Å². The Labute approximate surface area is 213 Å². The van der Waals surface area contributed by atoms with E-state index in [4.69, 9.17) is 9.97 Å². The van der Waals surface area contributed by atoms with Crippen molar-refractivity contribution in [1.29, 1.82) is 0 Å². The van der Waals surface area contributed by atoms with Crippen LogP contribution in [0.15, 0.2) is 85.8 Å². The van der Waals surface area contributed by atoms with Gasteiger partial charge < -0.3 is 9.97 Å². The summed E-state index contributed by atoms with van der Waals surface area (Å²) in [6.45, 7) is 7.99. The molecule has 0 amide bonds. The van der Waals surface area contributed by atoms with Crippen LogP contribution in [0.4, 0.5) is 0 Å². The summed E-state index contributed by atoms with van der Waals surface area (Å²) in [6.07, 6.45) is 7.51. The van der Waals surface area contributed by atoms with Crippen molar-refractivity contribution in [2.24, 2.45) is 0 Å². The van der Waals surface area contributed by atoms with E-state index in [2.05, 4.69) is 88.0 Å². The normalized spacial score (nSPS) is 12.6. The van der Waals surface area contributed by atoms with Crippen LogP contribution in [0.5, 0.6) is 0 Å². The minimum atomic E-state index is 0.132. The zero-order valence-electron chi connectivity index (χ0n) is 20.6. The molecule has 37 heavy (non-hydrogen) atoms. The molecule has 0 aliphatic rings. The number of rotatable bonds is 4. The molecule has 6 heteroatoms. The summed E-state index contributed by atoms with van der Waals surface area (Å²) in [5.41, 5.74) is 7.04. The van der Waals surface area contributed by atoms with Crippen LogP contribution in [0.3, 0.4) is 0 Å². The predicted octanol–water partition coefficient (Wildman–Crippen LogP) is 7.47. The van der Waals surface area contributed by atoms with Gasteiger partial charge in [0.05, 0.1) is 34.1 Å². The van der Waals surface area contributed by atoms with Crippen LogP contribution in [-0.2, 0) is 0 Å². The number of fused-ring (bicyclic) bond motifs is 7. The lowest BCUT2D eigenvalue weighted by molar-refractivity contribution is 0.881. The van der Waals surface area contributed by atoms with Gasteiger partial charge in [-0.2, -0.15) is 0 Å². The number of pyridine rings is 2. The lowest BCUT2D eigenvalue weighted by Crippen LogP contribution is -1.90. The second kappa shape index (κ2) is 8.10. The number of hydrogen-bond donors (Lipinski definition) is 2. The number of hydrogen-bond acceptors (Lipinski definition) is 4. The van der Waals surface area contributed by atoms with Crippen LogP contribution >= 0.6 is 0 Å². The van der Waals surface area contributed by atoms with Gasteiger partial charge in [0.25, 0.3) is 0 Å². The summed E-state index contributed by atoms with van der Waals surface area (Å²) < 4.78 is 0. The van der Waals surface area contributed by atoms with Gasteiger partial charge in [-0.15, -0.1) is 6.58 Å². The van der Waals surface area contributed by atoms with Crippen molar-refractivity contribution >= 4 is 43.5 Å². The molecule has 1 atom stereocenters. The first-order chi connectivity index (χ1) is 18.1. The smallest absolute Gasteiger partial charge is 0.113 e. The van der Waals surface area contributed by atoms with Gasteiger partial charge in [0.15, 0.2) is 0 Å². The van der Waals surface area contributed by atoms with Crippen LogP contribution in [0, 0.1) is 6.92 Å². The van der Waals surface area contributed by atoms with Gasteiger partial charge >= 0.3 is 0 Å². The molecule has 4 heterocycles. The minimum absolute atomic E-state index is 0.132. The Balaban J connectivity index is 1.39. The Morgan fingerprint density at radius 3 is 2.57 bits per heavy atom. The number of benzene rings is 3. The quantitative estimate of drug-likeness (QED) is 0.202. The number of nitrogens with one attached hydrogen (secondary N) is 2. The first-order valence-electron chi connectivity index (χ1n) is 12.3. The monoisotopic (exact) mass is 480 g/mol. The van der Waals surface area contributed by atoms with Gasteiger partial charge in [-0.25, -0.2) is 15.0 Å². The van der Waals surface area contributed by atoms with E-state index in [1.165, 1.54) is 0 Å². The molecule has 0 bridgehead atoms. The Hall–Kier alpha value is -4.84. The molecule has 0 saturated heterocycles. The maximum absolute atomic E-state index is 5.00. The van der Waals surface area contributed by atoms with Gasteiger partial charge in [-0.1, -0.05) is 37.3 Å². The molecular weight excluding hydrogens is 456 g/mol. The Morgan fingerprint density at radius 1 is 0.838 bits per heavy atom. The number of aryl methyl sites for hydroxylation is 1. The number of nitrogens with zero attached hydrogens (tertiary/aromatic N) is 4. The lowest BCUT2D eigenvalue weighted by Gasteiger charge is -2.09. The van der Waals surface area contributed by atoms with Crippen molar-refractivity contribution in [3.05, 3.63) is 97.5 Å². The molecule has 2 N–H and O–H groups in total. The van der Waals surface area contributed by atoms with Crippen LogP contribution in [-0.4, -0.2) is 29.9 Å². The predicted molar refractivity (Wildman–Crippen MR) is 151 cm³/mol. The fourth-order valence-corrected chi connectivity index (χ4v) is 5.09. The molecule has 1 unspecified atom stereocenters. The van der Waals surface area contributed by atoms with E-state index in [1.807, 2.05) is 31.6 Å². The van der Waals surface area contributed by atoms with Gasteiger partial charge in [-0.05, 0) is 48.0 Å². The van der Waals surface area contributed by atoms with E-state index in [9.17, 15) is 0 Å². The molecular formula is C31H24N6. The molecule has 0 radical (unpaired) electrons. The van der Waals surface area contributed by atoms with E-state index in [-0.39, 0.29) is 5.92 Å². The molecule has 7 aromatic rings. The fourth-order valence-electron chi connectivity index (χ4n) is 5.09. The van der Waals surface area contributed by atoms with Gasteiger partial charge in [0.2, 0.25) is 0 Å². The SMILES string of the molecule is C=CC(C)c1nc2c3cnccc3c3cc(-c4ccc5cc(-c6cnc(C)[nH]6)ccc5n4)ccc3c2[nH]1. The molecule has 0 fully saturated rings. The van der Waals surface area contributed by atoms with Crippen molar-refractivity contribution < 1.29 is 0 Å². The number of aromatic nitrogens is 6. The highest BCUT2D eigenvalue weighted by molar-refractivity contribution is 6.23. The van der Waals surface area contributed by atoms with Crippen molar-refractivity contribution in [1.82, 2.24) is 29.9 Å². The highest BCUT2D eigenvalue weighted by Gasteiger charge is 2.16. The molecule has 178 valence electrons. The van der Waals surface area contributed by atoms with E-state index in [0.29, 0.717) is 0 Å². The average molecular weight is 481 g/mol. The lowest BCUT2D eigenvalue weighted by atomic mass is 9.98. The summed E-state index contributed by atoms with van der Waals surface area (Å²) >= 11 is 0. The number of allylic oxidation sites excluding steroid dienone is 1. The molecule has 6 nitrogen and oxygen atoms in total.